The molecule has 1 aromatic rings. The van der Waals surface area contributed by atoms with Crippen molar-refractivity contribution in [3.63, 3.8) is 0 Å². The van der Waals surface area contributed by atoms with E-state index in [1.807, 2.05) is 17.0 Å². The van der Waals surface area contributed by atoms with Crippen LogP contribution in [0.15, 0.2) is 17.1 Å². The SMILES string of the molecule is CCNC(=NCC(=O)N1CCCC1)N1CCN(Cc2cc(OC)c(OC)c(OC)c2)CC1. The van der Waals surface area contributed by atoms with Gasteiger partial charge in [-0.05, 0) is 37.5 Å². The van der Waals surface area contributed by atoms with Crippen molar-refractivity contribution in [1.29, 1.82) is 0 Å². The first-order valence-corrected chi connectivity index (χ1v) is 11.4. The Morgan fingerprint density at radius 1 is 0.938 bits per heavy atom. The van der Waals surface area contributed by atoms with Crippen LogP contribution in [0.2, 0.25) is 0 Å². The first kappa shape index (κ1) is 24.0. The lowest BCUT2D eigenvalue weighted by molar-refractivity contribution is -0.128. The molecule has 1 amide bonds. The van der Waals surface area contributed by atoms with Gasteiger partial charge in [0.25, 0.3) is 0 Å². The smallest absolute Gasteiger partial charge is 0.244 e. The number of benzene rings is 1. The maximum absolute atomic E-state index is 12.4. The molecule has 2 aliphatic rings. The lowest BCUT2D eigenvalue weighted by atomic mass is 10.1. The van der Waals surface area contributed by atoms with E-state index in [2.05, 4.69) is 27.0 Å². The molecule has 9 nitrogen and oxygen atoms in total. The molecule has 1 N–H and O–H groups in total. The van der Waals surface area contributed by atoms with Gasteiger partial charge < -0.3 is 29.3 Å². The molecule has 2 saturated heterocycles. The third-order valence-corrected chi connectivity index (χ3v) is 5.96. The molecule has 0 aromatic heterocycles. The van der Waals surface area contributed by atoms with Gasteiger partial charge in [-0.15, -0.1) is 0 Å². The zero-order valence-electron chi connectivity index (χ0n) is 19.9. The fraction of sp³-hybridized carbons (Fsp3) is 0.652. The number of amides is 1. The number of guanidine groups is 1. The van der Waals surface area contributed by atoms with Crippen molar-refractivity contribution in [2.45, 2.75) is 26.3 Å². The van der Waals surface area contributed by atoms with E-state index in [9.17, 15) is 4.79 Å². The molecule has 32 heavy (non-hydrogen) atoms. The lowest BCUT2D eigenvalue weighted by Gasteiger charge is -2.36. The first-order valence-electron chi connectivity index (χ1n) is 11.4. The standard InChI is InChI=1S/C23H37N5O4/c1-5-24-23(25-16-21(29)27-8-6-7-9-27)28-12-10-26(11-13-28)17-18-14-19(30-2)22(32-4)20(15-18)31-3/h14-15H,5-13,16-17H2,1-4H3,(H,24,25). The number of nitrogens with zero attached hydrogens (tertiary/aromatic N) is 4. The zero-order chi connectivity index (χ0) is 22.9. The van der Waals surface area contributed by atoms with Gasteiger partial charge in [-0.25, -0.2) is 4.99 Å². The maximum atomic E-state index is 12.4. The van der Waals surface area contributed by atoms with Crippen LogP contribution in [-0.4, -0.2) is 100 Å². The molecule has 0 radical (unpaired) electrons. The molecule has 0 bridgehead atoms. The topological polar surface area (TPSA) is 78.9 Å². The van der Waals surface area contributed by atoms with Gasteiger partial charge in [0.05, 0.1) is 21.3 Å². The van der Waals surface area contributed by atoms with Crippen LogP contribution in [0.3, 0.4) is 0 Å². The van der Waals surface area contributed by atoms with Gasteiger partial charge in [-0.1, -0.05) is 0 Å². The van der Waals surface area contributed by atoms with Crippen LogP contribution >= 0.6 is 0 Å². The highest BCUT2D eigenvalue weighted by Crippen LogP contribution is 2.38. The Kier molecular flexibility index (Phi) is 8.84. The Morgan fingerprint density at radius 3 is 2.09 bits per heavy atom. The molecule has 2 fully saturated rings. The maximum Gasteiger partial charge on any atom is 0.244 e. The Bertz CT molecular complexity index is 762. The van der Waals surface area contributed by atoms with Crippen LogP contribution in [0.25, 0.3) is 0 Å². The Labute approximate surface area is 191 Å². The number of rotatable bonds is 8. The van der Waals surface area contributed by atoms with Gasteiger partial charge in [-0.2, -0.15) is 0 Å². The molecule has 3 rings (SSSR count). The molecule has 0 aliphatic carbocycles. The van der Waals surface area contributed by atoms with E-state index in [1.165, 1.54) is 0 Å². The minimum atomic E-state index is 0.124. The molecular weight excluding hydrogens is 410 g/mol. The number of carbonyl (C=O) groups is 1. The van der Waals surface area contributed by atoms with Gasteiger partial charge in [0.2, 0.25) is 11.7 Å². The first-order chi connectivity index (χ1) is 15.6. The van der Waals surface area contributed by atoms with Gasteiger partial charge in [0, 0.05) is 52.4 Å². The van der Waals surface area contributed by atoms with Crippen LogP contribution in [0.1, 0.15) is 25.3 Å². The molecule has 0 spiro atoms. The number of hydrogen-bond acceptors (Lipinski definition) is 6. The molecule has 2 aliphatic heterocycles. The molecule has 178 valence electrons. The van der Waals surface area contributed by atoms with Crippen LogP contribution in [0.5, 0.6) is 17.2 Å². The number of carbonyl (C=O) groups excluding carboxylic acids is 1. The summed E-state index contributed by atoms with van der Waals surface area (Å²) in [6.07, 6.45) is 2.20. The summed E-state index contributed by atoms with van der Waals surface area (Å²) >= 11 is 0. The summed E-state index contributed by atoms with van der Waals surface area (Å²) in [7, 11) is 4.88. The van der Waals surface area contributed by atoms with Gasteiger partial charge in [-0.3, -0.25) is 9.69 Å². The van der Waals surface area contributed by atoms with Crippen molar-refractivity contribution < 1.29 is 19.0 Å². The number of methoxy groups -OCH3 is 3. The summed E-state index contributed by atoms with van der Waals surface area (Å²) in [5.74, 6) is 2.90. The van der Waals surface area contributed by atoms with Crippen molar-refractivity contribution in [3.8, 4) is 17.2 Å². The minimum absolute atomic E-state index is 0.124. The van der Waals surface area contributed by atoms with Crippen molar-refractivity contribution in [2.24, 2.45) is 4.99 Å². The van der Waals surface area contributed by atoms with E-state index in [0.717, 1.165) is 76.7 Å². The summed E-state index contributed by atoms with van der Waals surface area (Å²) in [5, 5.41) is 3.35. The van der Waals surface area contributed by atoms with Crippen molar-refractivity contribution in [2.75, 3.05) is 73.7 Å². The van der Waals surface area contributed by atoms with E-state index in [0.29, 0.717) is 17.2 Å². The molecule has 2 heterocycles. The molecule has 0 saturated carbocycles. The second-order valence-corrected chi connectivity index (χ2v) is 8.05. The normalized spacial score (nSPS) is 17.4. The number of piperazine rings is 1. The largest absolute Gasteiger partial charge is 0.493 e. The van der Waals surface area contributed by atoms with E-state index in [1.54, 1.807) is 21.3 Å². The van der Waals surface area contributed by atoms with Crippen molar-refractivity contribution in [1.82, 2.24) is 20.0 Å². The molecule has 0 atom stereocenters. The highest BCUT2D eigenvalue weighted by molar-refractivity contribution is 5.85. The molecule has 9 heteroatoms. The van der Waals surface area contributed by atoms with Crippen LogP contribution in [0.4, 0.5) is 0 Å². The van der Waals surface area contributed by atoms with Crippen LogP contribution in [0, 0.1) is 0 Å². The van der Waals surface area contributed by atoms with E-state index >= 15 is 0 Å². The Hall–Kier alpha value is -2.68. The number of aliphatic imine (C=N–C) groups is 1. The zero-order valence-corrected chi connectivity index (χ0v) is 19.9. The fourth-order valence-corrected chi connectivity index (χ4v) is 4.24. The molecule has 1 aromatic carbocycles. The van der Waals surface area contributed by atoms with Crippen LogP contribution < -0.4 is 19.5 Å². The third kappa shape index (κ3) is 5.97. The van der Waals surface area contributed by atoms with Crippen LogP contribution in [-0.2, 0) is 11.3 Å². The fourth-order valence-electron chi connectivity index (χ4n) is 4.24. The van der Waals surface area contributed by atoms with Gasteiger partial charge >= 0.3 is 0 Å². The highest BCUT2D eigenvalue weighted by Gasteiger charge is 2.22. The summed E-state index contributed by atoms with van der Waals surface area (Å²) in [6.45, 7) is 9.10. The van der Waals surface area contributed by atoms with Crippen molar-refractivity contribution in [3.05, 3.63) is 17.7 Å². The summed E-state index contributed by atoms with van der Waals surface area (Å²) < 4.78 is 16.4. The molecule has 0 unspecified atom stereocenters. The minimum Gasteiger partial charge on any atom is -0.493 e. The number of ether oxygens (including phenoxy) is 3. The summed E-state index contributed by atoms with van der Waals surface area (Å²) in [6, 6.07) is 4.01. The average molecular weight is 448 g/mol. The Morgan fingerprint density at radius 2 is 1.56 bits per heavy atom. The second kappa shape index (κ2) is 11.8. The lowest BCUT2D eigenvalue weighted by Crippen LogP contribution is -2.52. The third-order valence-electron chi connectivity index (χ3n) is 5.96. The quantitative estimate of drug-likeness (QED) is 0.477. The second-order valence-electron chi connectivity index (χ2n) is 8.05. The average Bonchev–Trinajstić information content (AvgIpc) is 3.36. The van der Waals surface area contributed by atoms with E-state index < -0.39 is 0 Å². The van der Waals surface area contributed by atoms with E-state index in [-0.39, 0.29) is 12.5 Å². The number of nitrogens with one attached hydrogen (secondary N) is 1. The highest BCUT2D eigenvalue weighted by atomic mass is 16.5. The summed E-state index contributed by atoms with van der Waals surface area (Å²) in [4.78, 5) is 23.6. The Balaban J connectivity index is 1.58. The number of likely N-dealkylation sites (tertiary alicyclic amines) is 1. The monoisotopic (exact) mass is 447 g/mol. The number of hydrogen-bond donors (Lipinski definition) is 1. The summed E-state index contributed by atoms with van der Waals surface area (Å²) in [5.41, 5.74) is 1.12. The van der Waals surface area contributed by atoms with Crippen molar-refractivity contribution >= 4 is 11.9 Å². The van der Waals surface area contributed by atoms with E-state index in [4.69, 9.17) is 14.2 Å². The van der Waals surface area contributed by atoms with Gasteiger partial charge in [0.15, 0.2) is 17.5 Å². The molecular formula is C23H37N5O4. The van der Waals surface area contributed by atoms with Gasteiger partial charge in [0.1, 0.15) is 6.54 Å². The predicted molar refractivity (Wildman–Crippen MR) is 125 cm³/mol. The predicted octanol–water partition coefficient (Wildman–Crippen LogP) is 1.42.